The summed E-state index contributed by atoms with van der Waals surface area (Å²) in [6.07, 6.45) is 4.75. The quantitative estimate of drug-likeness (QED) is 0.779. The van der Waals surface area contributed by atoms with E-state index in [1.54, 1.807) is 7.11 Å². The fraction of sp³-hybridized carbons (Fsp3) is 0.400. The number of nitrogens with one attached hydrogen (secondary N) is 1. The highest BCUT2D eigenvalue weighted by Crippen LogP contribution is 2.42. The largest absolute Gasteiger partial charge is 0.371 e. The van der Waals surface area contributed by atoms with Crippen LogP contribution in [0.1, 0.15) is 36.2 Å². The van der Waals surface area contributed by atoms with E-state index in [0.29, 0.717) is 24.1 Å². The molecule has 0 saturated heterocycles. The van der Waals surface area contributed by atoms with Gasteiger partial charge in [-0.2, -0.15) is 10.1 Å². The molecule has 1 N–H and O–H groups in total. The van der Waals surface area contributed by atoms with E-state index in [2.05, 4.69) is 26.4 Å². The third-order valence-corrected chi connectivity index (χ3v) is 3.90. The molecule has 108 valence electrons. The van der Waals surface area contributed by atoms with E-state index < -0.39 is 0 Å². The Kier molecular flexibility index (Phi) is 2.96. The van der Waals surface area contributed by atoms with Gasteiger partial charge in [0.25, 0.3) is 5.89 Å². The van der Waals surface area contributed by atoms with Crippen molar-refractivity contribution in [2.75, 3.05) is 7.11 Å². The van der Waals surface area contributed by atoms with E-state index in [-0.39, 0.29) is 6.10 Å². The third kappa shape index (κ3) is 2.42. The van der Waals surface area contributed by atoms with Gasteiger partial charge in [-0.3, -0.25) is 5.10 Å². The number of H-pyrrole nitrogens is 1. The first-order valence-electron chi connectivity index (χ1n) is 7.11. The number of hydrogen-bond acceptors (Lipinski definition) is 5. The van der Waals surface area contributed by atoms with Crippen molar-refractivity contribution in [2.45, 2.75) is 25.4 Å². The summed E-state index contributed by atoms with van der Waals surface area (Å²) in [4.78, 5) is 4.48. The third-order valence-electron chi connectivity index (χ3n) is 3.90. The molecule has 1 fully saturated rings. The van der Waals surface area contributed by atoms with E-state index in [9.17, 15) is 0 Å². The Morgan fingerprint density at radius 3 is 3.14 bits per heavy atom. The van der Waals surface area contributed by atoms with Gasteiger partial charge < -0.3 is 9.26 Å². The van der Waals surface area contributed by atoms with Crippen LogP contribution in [0.3, 0.4) is 0 Å². The van der Waals surface area contributed by atoms with Gasteiger partial charge in [0.15, 0.2) is 5.82 Å². The normalized spacial score (nSPS) is 16.4. The van der Waals surface area contributed by atoms with Crippen molar-refractivity contribution in [1.29, 1.82) is 0 Å². The first kappa shape index (κ1) is 12.5. The van der Waals surface area contributed by atoms with Gasteiger partial charge in [-0.1, -0.05) is 11.2 Å². The molecule has 21 heavy (non-hydrogen) atoms. The second kappa shape index (κ2) is 4.96. The number of methoxy groups -OCH3 is 1. The van der Waals surface area contributed by atoms with Gasteiger partial charge in [-0.15, -0.1) is 0 Å². The number of aromatic nitrogens is 4. The minimum atomic E-state index is -0.0531. The van der Waals surface area contributed by atoms with Crippen molar-refractivity contribution in [3.8, 4) is 0 Å². The van der Waals surface area contributed by atoms with Crippen LogP contribution in [0.5, 0.6) is 0 Å². The molecule has 6 heteroatoms. The summed E-state index contributed by atoms with van der Waals surface area (Å²) in [5.41, 5.74) is 2.16. The average molecular weight is 284 g/mol. The summed E-state index contributed by atoms with van der Waals surface area (Å²) in [5, 5.41) is 12.1. The van der Waals surface area contributed by atoms with E-state index in [0.717, 1.165) is 16.5 Å². The van der Waals surface area contributed by atoms with Gasteiger partial charge >= 0.3 is 0 Å². The van der Waals surface area contributed by atoms with Crippen molar-refractivity contribution in [2.24, 2.45) is 5.92 Å². The Morgan fingerprint density at radius 2 is 2.33 bits per heavy atom. The van der Waals surface area contributed by atoms with Crippen LogP contribution in [0.25, 0.3) is 10.9 Å². The zero-order valence-electron chi connectivity index (χ0n) is 11.7. The second-order valence-electron chi connectivity index (χ2n) is 5.51. The Bertz CT molecular complexity index is 760. The second-order valence-corrected chi connectivity index (χ2v) is 5.51. The number of ether oxygens (including phenoxy) is 1. The molecular formula is C15H16N4O2. The number of nitrogens with zero attached hydrogens (tertiary/aromatic N) is 3. The number of fused-ring (bicyclic) bond motifs is 1. The van der Waals surface area contributed by atoms with Crippen LogP contribution in [0.2, 0.25) is 0 Å². The molecule has 0 amide bonds. The van der Waals surface area contributed by atoms with Crippen LogP contribution in [-0.4, -0.2) is 27.4 Å². The molecule has 0 spiro atoms. The van der Waals surface area contributed by atoms with E-state index in [1.807, 2.05) is 18.3 Å². The Hall–Kier alpha value is -2.21. The fourth-order valence-corrected chi connectivity index (χ4v) is 2.63. The SMILES string of the molecule is COC(c1nc(Cc2ccc3[nH]ncc3c2)no1)C1CC1. The maximum Gasteiger partial charge on any atom is 0.256 e. The topological polar surface area (TPSA) is 76.8 Å². The molecule has 3 aromatic rings. The first-order chi connectivity index (χ1) is 10.3. The lowest BCUT2D eigenvalue weighted by atomic mass is 10.1. The van der Waals surface area contributed by atoms with E-state index >= 15 is 0 Å². The molecule has 0 radical (unpaired) electrons. The number of hydrogen-bond donors (Lipinski definition) is 1. The molecule has 2 aromatic heterocycles. The molecule has 1 aromatic carbocycles. The van der Waals surface area contributed by atoms with Crippen LogP contribution < -0.4 is 0 Å². The Labute approximate surface area is 121 Å². The Morgan fingerprint density at radius 1 is 1.43 bits per heavy atom. The molecule has 4 rings (SSSR count). The maximum atomic E-state index is 5.46. The fourth-order valence-electron chi connectivity index (χ4n) is 2.63. The lowest BCUT2D eigenvalue weighted by Crippen LogP contribution is -2.04. The molecule has 2 heterocycles. The summed E-state index contributed by atoms with van der Waals surface area (Å²) >= 11 is 0. The lowest BCUT2D eigenvalue weighted by Gasteiger charge is -2.07. The molecule has 6 nitrogen and oxygen atoms in total. The summed E-state index contributed by atoms with van der Waals surface area (Å²) in [7, 11) is 1.69. The van der Waals surface area contributed by atoms with Crippen LogP contribution in [0.15, 0.2) is 28.9 Å². The number of rotatable bonds is 5. The molecule has 1 aliphatic rings. The summed E-state index contributed by atoms with van der Waals surface area (Å²) in [6, 6.07) is 6.15. The molecule has 1 aliphatic carbocycles. The molecule has 1 atom stereocenters. The van der Waals surface area contributed by atoms with Crippen LogP contribution in [0, 0.1) is 5.92 Å². The monoisotopic (exact) mass is 284 g/mol. The minimum Gasteiger partial charge on any atom is -0.371 e. The predicted molar refractivity (Wildman–Crippen MR) is 75.7 cm³/mol. The Balaban J connectivity index is 1.55. The minimum absolute atomic E-state index is 0.0531. The van der Waals surface area contributed by atoms with Gasteiger partial charge in [0.1, 0.15) is 6.10 Å². The van der Waals surface area contributed by atoms with E-state index in [1.165, 1.54) is 12.8 Å². The summed E-state index contributed by atoms with van der Waals surface area (Å²) in [5.74, 6) is 1.82. The highest BCUT2D eigenvalue weighted by atomic mass is 16.5. The molecule has 1 unspecified atom stereocenters. The lowest BCUT2D eigenvalue weighted by molar-refractivity contribution is 0.0561. The van der Waals surface area contributed by atoms with Crippen molar-refractivity contribution >= 4 is 10.9 Å². The molecule has 1 saturated carbocycles. The van der Waals surface area contributed by atoms with Crippen LogP contribution >= 0.6 is 0 Å². The van der Waals surface area contributed by atoms with Crippen molar-refractivity contribution in [3.05, 3.63) is 41.7 Å². The average Bonchev–Trinajstić information content (AvgIpc) is 3.04. The van der Waals surface area contributed by atoms with E-state index in [4.69, 9.17) is 9.26 Å². The molecule has 0 bridgehead atoms. The zero-order valence-corrected chi connectivity index (χ0v) is 11.7. The van der Waals surface area contributed by atoms with Crippen molar-refractivity contribution in [1.82, 2.24) is 20.3 Å². The number of benzene rings is 1. The van der Waals surface area contributed by atoms with Crippen molar-refractivity contribution in [3.63, 3.8) is 0 Å². The molecular weight excluding hydrogens is 268 g/mol. The molecule has 0 aliphatic heterocycles. The van der Waals surface area contributed by atoms with Crippen molar-refractivity contribution < 1.29 is 9.26 Å². The summed E-state index contributed by atoms with van der Waals surface area (Å²) < 4.78 is 10.8. The van der Waals surface area contributed by atoms with Gasteiger partial charge in [0, 0.05) is 18.9 Å². The first-order valence-corrected chi connectivity index (χ1v) is 7.11. The number of aromatic amines is 1. The van der Waals surface area contributed by atoms with Gasteiger partial charge in [0.2, 0.25) is 0 Å². The van der Waals surface area contributed by atoms with Crippen LogP contribution in [0.4, 0.5) is 0 Å². The standard InChI is InChI=1S/C15H16N4O2/c1-20-14(10-3-4-10)15-17-13(19-21-15)7-9-2-5-12-11(6-9)8-16-18-12/h2,5-6,8,10,14H,3-4,7H2,1H3,(H,16,18). The van der Waals surface area contributed by atoms with Gasteiger partial charge in [0.05, 0.1) is 11.7 Å². The highest BCUT2D eigenvalue weighted by Gasteiger charge is 2.36. The predicted octanol–water partition coefficient (Wildman–Crippen LogP) is 2.63. The zero-order chi connectivity index (χ0) is 14.2. The van der Waals surface area contributed by atoms with Gasteiger partial charge in [-0.05, 0) is 36.5 Å². The van der Waals surface area contributed by atoms with Gasteiger partial charge in [-0.25, -0.2) is 0 Å². The van der Waals surface area contributed by atoms with Crippen LogP contribution in [-0.2, 0) is 11.2 Å². The smallest absolute Gasteiger partial charge is 0.256 e. The maximum absolute atomic E-state index is 5.46. The summed E-state index contributed by atoms with van der Waals surface area (Å²) in [6.45, 7) is 0. The highest BCUT2D eigenvalue weighted by molar-refractivity contribution is 5.78.